The molecule has 10 rings (SSSR count). The Morgan fingerprint density at radius 1 is 0.689 bits per heavy atom. The predicted molar refractivity (Wildman–Crippen MR) is 245 cm³/mol. The molecule has 0 aliphatic carbocycles. The largest absolute Gasteiger partial charge is 0.501 e. The third-order valence-corrected chi connectivity index (χ3v) is 10.7. The molecule has 0 atom stereocenters. The van der Waals surface area contributed by atoms with Gasteiger partial charge in [-0.2, -0.15) is 0 Å². The van der Waals surface area contributed by atoms with Crippen LogP contribution in [0.5, 0.6) is 0 Å². The monoisotopic (exact) mass is 979 g/mol. The number of imidazole rings is 1. The average Bonchev–Trinajstić information content (AvgIpc) is 3.88. The molecule has 3 heterocycles. The van der Waals surface area contributed by atoms with Crippen LogP contribution in [-0.2, 0) is 20.1 Å². The van der Waals surface area contributed by atoms with Crippen LogP contribution in [0.15, 0.2) is 168 Å². The van der Waals surface area contributed by atoms with E-state index in [4.69, 9.17) is 13.5 Å². The molecule has 0 spiro atoms. The van der Waals surface area contributed by atoms with E-state index in [1.54, 1.807) is 6.07 Å². The Labute approximate surface area is 377 Å². The Balaban J connectivity index is 0.000000278. The number of rotatable bonds is 7. The van der Waals surface area contributed by atoms with E-state index in [0.717, 1.165) is 78.2 Å². The number of hydrogen-bond donors (Lipinski definition) is 0. The van der Waals surface area contributed by atoms with E-state index in [1.807, 2.05) is 94.4 Å². The Morgan fingerprint density at radius 3 is 2.03 bits per heavy atom. The van der Waals surface area contributed by atoms with Crippen molar-refractivity contribution in [2.75, 3.05) is 0 Å². The summed E-state index contributed by atoms with van der Waals surface area (Å²) in [7, 11) is 0. The fraction of sp³-hybridized carbons (Fsp3) is 0.127. The van der Waals surface area contributed by atoms with Crippen LogP contribution in [0.1, 0.15) is 63.0 Å². The van der Waals surface area contributed by atoms with Gasteiger partial charge in [0.2, 0.25) is 0 Å². The van der Waals surface area contributed by atoms with Crippen LogP contribution < -0.4 is 0 Å². The van der Waals surface area contributed by atoms with E-state index in [2.05, 4.69) is 82.3 Å². The topological polar surface area (TPSA) is 43.9 Å². The van der Waals surface area contributed by atoms with Gasteiger partial charge in [-0.05, 0) is 87.3 Å². The standard InChI is InChI=1S/C43H35N2O.C12H9FN.Ir/c1-27(2)36-25-32(31-23-21-30(22-24-31)29-13-6-5-7-14-29)26-37(28(3)4)41(36)45-39-19-10-9-18-38(39)44-43(45)35-17-12-16-34-33-15-8-11-20-40(33)46-42(34)35;1-9-2-4-10(5-3-9)12-7-6-11(13)8-14-12;/h5-16,18-28H,1-4H3;2-4,6-8H,1H3;/q2*-1;/i27D,28D;1D3;. The number of pyridine rings is 1. The third-order valence-electron chi connectivity index (χ3n) is 10.7. The molecule has 7 aromatic carbocycles. The van der Waals surface area contributed by atoms with Gasteiger partial charge >= 0.3 is 0 Å². The van der Waals surface area contributed by atoms with Crippen molar-refractivity contribution >= 4 is 33.0 Å². The molecular formula is C55H44FIrN3O-2. The number of fused-ring (bicyclic) bond motifs is 4. The Kier molecular flexibility index (Phi) is 10.2. The molecule has 0 aliphatic rings. The Hall–Kier alpha value is -6.46. The molecule has 0 unspecified atom stereocenters. The van der Waals surface area contributed by atoms with Crippen LogP contribution in [0, 0.1) is 24.8 Å². The van der Waals surface area contributed by atoms with Crippen molar-refractivity contribution in [2.45, 2.75) is 46.3 Å². The van der Waals surface area contributed by atoms with Gasteiger partial charge < -0.3 is 14.0 Å². The zero-order chi connectivity index (χ0) is 45.7. The molecule has 303 valence electrons. The molecule has 0 aliphatic heterocycles. The van der Waals surface area contributed by atoms with Crippen molar-refractivity contribution in [2.24, 2.45) is 0 Å². The van der Waals surface area contributed by atoms with Crippen LogP contribution in [0.4, 0.5) is 4.39 Å². The van der Waals surface area contributed by atoms with E-state index in [1.165, 1.54) is 24.3 Å². The van der Waals surface area contributed by atoms with E-state index >= 15 is 0 Å². The summed E-state index contributed by atoms with van der Waals surface area (Å²) in [6, 6.07) is 56.9. The van der Waals surface area contributed by atoms with Crippen LogP contribution in [0.2, 0.25) is 0 Å². The van der Waals surface area contributed by atoms with Crippen LogP contribution in [0.3, 0.4) is 0 Å². The van der Waals surface area contributed by atoms with Gasteiger partial charge in [-0.15, -0.1) is 53.6 Å². The maximum atomic E-state index is 12.7. The summed E-state index contributed by atoms with van der Waals surface area (Å²) in [5.41, 5.74) is 12.1. The smallest absolute Gasteiger partial charge is 0.139 e. The zero-order valence-electron chi connectivity index (χ0n) is 39.0. The van der Waals surface area contributed by atoms with Crippen molar-refractivity contribution in [1.29, 1.82) is 0 Å². The minimum absolute atomic E-state index is 0. The predicted octanol–water partition coefficient (Wildman–Crippen LogP) is 15.0. The first-order chi connectivity index (χ1) is 31.0. The molecule has 0 bridgehead atoms. The fourth-order valence-corrected chi connectivity index (χ4v) is 7.69. The van der Waals surface area contributed by atoms with Gasteiger partial charge in [0.25, 0.3) is 0 Å². The molecule has 3 aromatic heterocycles. The number of benzene rings is 7. The molecule has 10 aromatic rings. The van der Waals surface area contributed by atoms with E-state index in [-0.39, 0.29) is 25.7 Å². The summed E-state index contributed by atoms with van der Waals surface area (Å²) in [6.45, 7) is 5.53. The number of para-hydroxylation sites is 3. The molecule has 4 nitrogen and oxygen atoms in total. The fourth-order valence-electron chi connectivity index (χ4n) is 7.69. The van der Waals surface area contributed by atoms with Crippen molar-refractivity contribution in [1.82, 2.24) is 14.5 Å². The molecular weight excluding hydrogens is 930 g/mol. The van der Waals surface area contributed by atoms with E-state index in [0.29, 0.717) is 22.7 Å². The van der Waals surface area contributed by atoms with Crippen LogP contribution >= 0.6 is 0 Å². The first kappa shape index (κ1) is 35.3. The number of aromatic nitrogens is 3. The number of aryl methyl sites for hydroxylation is 1. The Morgan fingerprint density at radius 2 is 1.36 bits per heavy atom. The second kappa shape index (κ2) is 17.6. The minimum Gasteiger partial charge on any atom is -0.501 e. The van der Waals surface area contributed by atoms with E-state index in [9.17, 15) is 7.13 Å². The Bertz CT molecular complexity index is 3280. The summed E-state index contributed by atoms with van der Waals surface area (Å²) >= 11 is 0. The maximum Gasteiger partial charge on any atom is 0.139 e. The molecule has 0 saturated heterocycles. The van der Waals surface area contributed by atoms with Gasteiger partial charge in [0.05, 0.1) is 28.6 Å². The van der Waals surface area contributed by atoms with Gasteiger partial charge in [0.1, 0.15) is 11.4 Å². The maximum absolute atomic E-state index is 12.7. The summed E-state index contributed by atoms with van der Waals surface area (Å²) < 4.78 is 61.9. The second-order valence-corrected chi connectivity index (χ2v) is 15.2. The molecule has 0 fully saturated rings. The normalized spacial score (nSPS) is 13.0. The molecule has 0 amide bonds. The van der Waals surface area contributed by atoms with Crippen LogP contribution in [0.25, 0.3) is 83.6 Å². The van der Waals surface area contributed by atoms with Gasteiger partial charge in [-0.1, -0.05) is 136 Å². The number of halogens is 1. The van der Waals surface area contributed by atoms with Gasteiger partial charge in [-0.25, -0.2) is 4.39 Å². The van der Waals surface area contributed by atoms with Gasteiger partial charge in [-0.3, -0.25) is 4.98 Å². The summed E-state index contributed by atoms with van der Waals surface area (Å²) in [5, 5.41) is 2.03. The number of hydrogen-bond acceptors (Lipinski definition) is 3. The third kappa shape index (κ3) is 8.22. The number of furan rings is 1. The molecule has 6 heteroatoms. The minimum atomic E-state index is -2.13. The number of nitrogens with zero attached hydrogens (tertiary/aromatic N) is 3. The first-order valence-corrected chi connectivity index (χ1v) is 19.8. The summed E-state index contributed by atoms with van der Waals surface area (Å²) in [5.74, 6) is -1.76. The quantitative estimate of drug-likeness (QED) is 0.150. The SMILES string of the molecule is [2H]C(C)(C)c1cc(-c2ccc(-c3ccccc3)cc2)cc(C([2H])(C)C)c1-n1c(-c2[c-]ccc3c2oc2ccccc23)nc2ccccc21.[2H]C([2H])([2H])c1c[c-]c(-c2ccc(F)cn2)cc1.[Ir]. The first-order valence-electron chi connectivity index (χ1n) is 22.3. The zero-order valence-corrected chi connectivity index (χ0v) is 36.4. The average molecular weight is 979 g/mol. The van der Waals surface area contributed by atoms with Gasteiger partial charge in [0.15, 0.2) is 0 Å². The molecule has 0 saturated carbocycles. The van der Waals surface area contributed by atoms with Gasteiger partial charge in [0, 0.05) is 38.0 Å². The summed E-state index contributed by atoms with van der Waals surface area (Å²) in [4.78, 5) is 9.09. The van der Waals surface area contributed by atoms with E-state index < -0.39 is 24.5 Å². The van der Waals surface area contributed by atoms with Crippen molar-refractivity contribution < 1.29 is 35.8 Å². The van der Waals surface area contributed by atoms with Crippen molar-refractivity contribution in [3.63, 3.8) is 0 Å². The van der Waals surface area contributed by atoms with Crippen molar-refractivity contribution in [3.05, 3.63) is 199 Å². The molecule has 61 heavy (non-hydrogen) atoms. The molecule has 0 N–H and O–H groups in total. The van der Waals surface area contributed by atoms with Crippen LogP contribution in [-0.4, -0.2) is 14.5 Å². The second-order valence-electron chi connectivity index (χ2n) is 15.2. The van der Waals surface area contributed by atoms with Crippen molar-refractivity contribution in [3.8, 4) is 50.6 Å². The summed E-state index contributed by atoms with van der Waals surface area (Å²) in [6.07, 6.45) is 1.11. The molecule has 1 radical (unpaired) electrons.